The Morgan fingerprint density at radius 1 is 1.16 bits per heavy atom. The van der Waals surface area contributed by atoms with Gasteiger partial charge in [-0.2, -0.15) is 0 Å². The van der Waals surface area contributed by atoms with E-state index in [1.54, 1.807) is 23.9 Å². The van der Waals surface area contributed by atoms with Crippen molar-refractivity contribution in [3.8, 4) is 16.9 Å². The summed E-state index contributed by atoms with van der Waals surface area (Å²) in [4.78, 5) is 38.4. The number of fused-ring (bicyclic) bond motifs is 1. The Morgan fingerprint density at radius 3 is 2.81 bits per heavy atom. The van der Waals surface area contributed by atoms with E-state index in [0.717, 1.165) is 22.4 Å². The highest BCUT2D eigenvalue weighted by Crippen LogP contribution is 2.31. The van der Waals surface area contributed by atoms with Gasteiger partial charge in [0.1, 0.15) is 11.7 Å². The maximum absolute atomic E-state index is 13.0. The lowest BCUT2D eigenvalue weighted by Crippen LogP contribution is -2.52. The van der Waals surface area contributed by atoms with E-state index >= 15 is 0 Å². The van der Waals surface area contributed by atoms with E-state index in [4.69, 9.17) is 4.74 Å². The molecule has 32 heavy (non-hydrogen) atoms. The molecule has 9 heteroatoms. The molecule has 1 aromatic heterocycles. The van der Waals surface area contributed by atoms with Crippen LogP contribution >= 0.6 is 0 Å². The summed E-state index contributed by atoms with van der Waals surface area (Å²) in [6.45, 7) is 0.779. The van der Waals surface area contributed by atoms with Crippen LogP contribution in [-0.4, -0.2) is 50.8 Å². The SMILES string of the molecule is COCc1cccc(-c2cn(-c3cccc4c3CN(C3CCC(=O)NC3=O)C4=O)nn2)c1. The van der Waals surface area contributed by atoms with Gasteiger partial charge in [0.15, 0.2) is 0 Å². The van der Waals surface area contributed by atoms with Crippen molar-refractivity contribution in [3.05, 3.63) is 65.4 Å². The molecule has 162 valence electrons. The van der Waals surface area contributed by atoms with Crippen molar-refractivity contribution in [2.45, 2.75) is 32.0 Å². The second kappa shape index (κ2) is 8.01. The molecular weight excluding hydrogens is 410 g/mol. The summed E-state index contributed by atoms with van der Waals surface area (Å²) < 4.78 is 6.85. The van der Waals surface area contributed by atoms with Crippen LogP contribution in [0.15, 0.2) is 48.7 Å². The van der Waals surface area contributed by atoms with Crippen LogP contribution in [0.5, 0.6) is 0 Å². The molecule has 3 aromatic rings. The van der Waals surface area contributed by atoms with Crippen LogP contribution in [-0.2, 0) is 27.5 Å². The lowest BCUT2D eigenvalue weighted by Gasteiger charge is -2.29. The number of nitrogens with one attached hydrogen (secondary N) is 1. The van der Waals surface area contributed by atoms with E-state index in [-0.39, 0.29) is 24.8 Å². The van der Waals surface area contributed by atoms with Gasteiger partial charge in [-0.15, -0.1) is 5.10 Å². The molecule has 1 N–H and O–H groups in total. The van der Waals surface area contributed by atoms with Gasteiger partial charge in [0.2, 0.25) is 11.8 Å². The molecule has 1 fully saturated rings. The van der Waals surface area contributed by atoms with Gasteiger partial charge in [0.05, 0.1) is 18.5 Å². The van der Waals surface area contributed by atoms with Gasteiger partial charge in [-0.05, 0) is 30.2 Å². The number of piperidine rings is 1. The first-order valence-electron chi connectivity index (χ1n) is 10.3. The van der Waals surface area contributed by atoms with E-state index in [1.807, 2.05) is 36.5 Å². The van der Waals surface area contributed by atoms with E-state index in [0.29, 0.717) is 24.3 Å². The largest absolute Gasteiger partial charge is 0.380 e. The second-order valence-corrected chi connectivity index (χ2v) is 7.88. The fourth-order valence-corrected chi connectivity index (χ4v) is 4.28. The Kier molecular flexibility index (Phi) is 5.02. The van der Waals surface area contributed by atoms with Crippen LogP contribution in [0, 0.1) is 0 Å². The third-order valence-corrected chi connectivity index (χ3v) is 5.83. The van der Waals surface area contributed by atoms with Gasteiger partial charge in [-0.3, -0.25) is 19.7 Å². The first kappa shape index (κ1) is 20.1. The van der Waals surface area contributed by atoms with E-state index in [2.05, 4.69) is 15.6 Å². The van der Waals surface area contributed by atoms with E-state index < -0.39 is 11.9 Å². The van der Waals surface area contributed by atoms with Crippen LogP contribution in [0.25, 0.3) is 16.9 Å². The molecular formula is C23H21N5O4. The quantitative estimate of drug-likeness (QED) is 0.618. The highest BCUT2D eigenvalue weighted by atomic mass is 16.5. The number of methoxy groups -OCH3 is 1. The van der Waals surface area contributed by atoms with Crippen molar-refractivity contribution in [1.29, 1.82) is 0 Å². The van der Waals surface area contributed by atoms with Crippen LogP contribution < -0.4 is 5.32 Å². The molecule has 2 aliphatic rings. The maximum atomic E-state index is 13.0. The van der Waals surface area contributed by atoms with Crippen LogP contribution in [0.4, 0.5) is 0 Å². The van der Waals surface area contributed by atoms with Gasteiger partial charge in [0.25, 0.3) is 5.91 Å². The number of ether oxygens (including phenoxy) is 1. The summed E-state index contributed by atoms with van der Waals surface area (Å²) in [5, 5.41) is 10.9. The molecule has 0 aliphatic carbocycles. The number of imide groups is 1. The predicted molar refractivity (Wildman–Crippen MR) is 114 cm³/mol. The standard InChI is InChI=1S/C23H21N5O4/c1-32-13-14-4-2-5-15(10-14)18-12-28(26-25-18)19-7-3-6-16-17(19)11-27(23(16)31)20-8-9-21(29)24-22(20)30/h2-7,10,12,20H,8-9,11,13H2,1H3,(H,24,29,30). The molecule has 5 rings (SSSR count). The molecule has 1 atom stereocenters. The minimum absolute atomic E-state index is 0.219. The Hall–Kier alpha value is -3.85. The zero-order chi connectivity index (χ0) is 22.2. The minimum Gasteiger partial charge on any atom is -0.380 e. The molecule has 9 nitrogen and oxygen atoms in total. The smallest absolute Gasteiger partial charge is 0.255 e. The molecule has 0 radical (unpaired) electrons. The molecule has 2 aliphatic heterocycles. The first-order valence-corrected chi connectivity index (χ1v) is 10.3. The van der Waals surface area contributed by atoms with Crippen molar-refractivity contribution in [2.24, 2.45) is 0 Å². The normalized spacial score (nSPS) is 18.1. The fourth-order valence-electron chi connectivity index (χ4n) is 4.28. The monoisotopic (exact) mass is 431 g/mol. The maximum Gasteiger partial charge on any atom is 0.255 e. The van der Waals surface area contributed by atoms with Gasteiger partial charge in [-0.25, -0.2) is 4.68 Å². The number of amides is 3. The van der Waals surface area contributed by atoms with Crippen molar-refractivity contribution >= 4 is 17.7 Å². The van der Waals surface area contributed by atoms with Crippen LogP contribution in [0.3, 0.4) is 0 Å². The second-order valence-electron chi connectivity index (χ2n) is 7.88. The van der Waals surface area contributed by atoms with Crippen LogP contribution in [0.2, 0.25) is 0 Å². The van der Waals surface area contributed by atoms with Crippen molar-refractivity contribution in [3.63, 3.8) is 0 Å². The predicted octanol–water partition coefficient (Wildman–Crippen LogP) is 1.84. The fraction of sp³-hybridized carbons (Fsp3) is 0.261. The first-order chi connectivity index (χ1) is 15.5. The number of carbonyl (C=O) groups excluding carboxylic acids is 3. The number of hydrogen-bond donors (Lipinski definition) is 1. The summed E-state index contributed by atoms with van der Waals surface area (Å²) in [6.07, 6.45) is 2.36. The Morgan fingerprint density at radius 2 is 2.00 bits per heavy atom. The Bertz CT molecular complexity index is 1230. The molecule has 0 saturated carbocycles. The summed E-state index contributed by atoms with van der Waals surface area (Å²) in [5.41, 5.74) is 4.70. The third kappa shape index (κ3) is 3.46. The molecule has 3 amide bonds. The number of benzene rings is 2. The average Bonchev–Trinajstić information content (AvgIpc) is 3.40. The minimum atomic E-state index is -0.657. The summed E-state index contributed by atoms with van der Waals surface area (Å²) in [7, 11) is 1.65. The number of nitrogens with zero attached hydrogens (tertiary/aromatic N) is 4. The van der Waals surface area contributed by atoms with Crippen molar-refractivity contribution in [1.82, 2.24) is 25.2 Å². The van der Waals surface area contributed by atoms with Gasteiger partial charge in [-0.1, -0.05) is 29.5 Å². The highest BCUT2D eigenvalue weighted by molar-refractivity contribution is 6.05. The molecule has 1 unspecified atom stereocenters. The molecule has 0 bridgehead atoms. The number of hydrogen-bond acceptors (Lipinski definition) is 6. The third-order valence-electron chi connectivity index (χ3n) is 5.83. The number of rotatable bonds is 5. The molecule has 3 heterocycles. The number of aromatic nitrogens is 3. The van der Waals surface area contributed by atoms with Crippen molar-refractivity contribution in [2.75, 3.05) is 7.11 Å². The highest BCUT2D eigenvalue weighted by Gasteiger charge is 2.40. The Balaban J connectivity index is 1.45. The van der Waals surface area contributed by atoms with E-state index in [9.17, 15) is 14.4 Å². The lowest BCUT2D eigenvalue weighted by atomic mass is 10.0. The zero-order valence-corrected chi connectivity index (χ0v) is 17.4. The lowest BCUT2D eigenvalue weighted by molar-refractivity contribution is -0.136. The van der Waals surface area contributed by atoms with Crippen LogP contribution in [0.1, 0.15) is 34.3 Å². The van der Waals surface area contributed by atoms with E-state index in [1.165, 1.54) is 4.90 Å². The summed E-state index contributed by atoms with van der Waals surface area (Å²) in [5.74, 6) is -0.951. The summed E-state index contributed by atoms with van der Waals surface area (Å²) in [6, 6.07) is 12.6. The Labute approximate surface area is 184 Å². The van der Waals surface area contributed by atoms with Crippen molar-refractivity contribution < 1.29 is 19.1 Å². The van der Waals surface area contributed by atoms with Gasteiger partial charge < -0.3 is 9.64 Å². The molecule has 0 spiro atoms. The van der Waals surface area contributed by atoms with Gasteiger partial charge in [0, 0.05) is 36.8 Å². The zero-order valence-electron chi connectivity index (χ0n) is 17.4. The molecule has 1 saturated heterocycles. The molecule has 2 aromatic carbocycles. The summed E-state index contributed by atoms with van der Waals surface area (Å²) >= 11 is 0. The topological polar surface area (TPSA) is 106 Å². The average molecular weight is 431 g/mol. The number of carbonyl (C=O) groups is 3. The van der Waals surface area contributed by atoms with Gasteiger partial charge >= 0.3 is 0 Å².